The summed E-state index contributed by atoms with van der Waals surface area (Å²) in [6.45, 7) is 5.40. The van der Waals surface area contributed by atoms with Crippen molar-refractivity contribution >= 4 is 5.91 Å². The van der Waals surface area contributed by atoms with E-state index in [1.165, 1.54) is 12.1 Å². The minimum absolute atomic E-state index is 0.0810. The van der Waals surface area contributed by atoms with Crippen molar-refractivity contribution in [1.29, 1.82) is 0 Å². The predicted octanol–water partition coefficient (Wildman–Crippen LogP) is 3.16. The van der Waals surface area contributed by atoms with Crippen LogP contribution in [0.3, 0.4) is 0 Å². The highest BCUT2D eigenvalue weighted by atomic mass is 19.1. The Kier molecular flexibility index (Phi) is 4.22. The standard InChI is InChI=1S/C19H22FNO3/c1-11-8-17(12(2)24-11)19(3,23)10-21-18(22)16-9-15(16)13-4-6-14(20)7-5-13/h4-8,15-16,23H,9-10H2,1-3H3,(H,21,22). The summed E-state index contributed by atoms with van der Waals surface area (Å²) in [6.07, 6.45) is 0.753. The number of benzene rings is 1. The number of nitrogens with one attached hydrogen (secondary N) is 1. The number of aliphatic hydroxyl groups is 1. The molecule has 5 heteroatoms. The summed E-state index contributed by atoms with van der Waals surface area (Å²) in [6, 6.07) is 8.07. The summed E-state index contributed by atoms with van der Waals surface area (Å²) in [5.41, 5.74) is 0.480. The van der Waals surface area contributed by atoms with Crippen molar-refractivity contribution in [2.75, 3.05) is 6.54 Å². The predicted molar refractivity (Wildman–Crippen MR) is 88.0 cm³/mol. The lowest BCUT2D eigenvalue weighted by Crippen LogP contribution is -2.39. The van der Waals surface area contributed by atoms with Gasteiger partial charge < -0.3 is 14.8 Å². The molecule has 0 saturated heterocycles. The van der Waals surface area contributed by atoms with Crippen LogP contribution in [0.4, 0.5) is 4.39 Å². The van der Waals surface area contributed by atoms with E-state index in [1.54, 1.807) is 32.0 Å². The third kappa shape index (κ3) is 3.36. The van der Waals surface area contributed by atoms with Crippen molar-refractivity contribution in [3.8, 4) is 0 Å². The molecule has 24 heavy (non-hydrogen) atoms. The van der Waals surface area contributed by atoms with Crippen LogP contribution >= 0.6 is 0 Å². The van der Waals surface area contributed by atoms with Gasteiger partial charge in [-0.15, -0.1) is 0 Å². The first-order chi connectivity index (χ1) is 11.3. The van der Waals surface area contributed by atoms with Gasteiger partial charge in [-0.05, 0) is 56.9 Å². The molecule has 1 aromatic heterocycles. The molecule has 3 atom stereocenters. The molecule has 128 valence electrons. The summed E-state index contributed by atoms with van der Waals surface area (Å²) in [5.74, 6) is 1.05. The molecule has 3 rings (SSSR count). The van der Waals surface area contributed by atoms with E-state index in [0.717, 1.165) is 17.7 Å². The Balaban J connectivity index is 1.58. The van der Waals surface area contributed by atoms with Crippen molar-refractivity contribution in [3.05, 3.63) is 58.8 Å². The van der Waals surface area contributed by atoms with Gasteiger partial charge in [0.25, 0.3) is 0 Å². The van der Waals surface area contributed by atoms with E-state index in [2.05, 4.69) is 5.32 Å². The van der Waals surface area contributed by atoms with Gasteiger partial charge in [-0.1, -0.05) is 12.1 Å². The van der Waals surface area contributed by atoms with Crippen LogP contribution in [0.15, 0.2) is 34.7 Å². The van der Waals surface area contributed by atoms with Crippen molar-refractivity contribution in [2.24, 2.45) is 5.92 Å². The molecule has 1 saturated carbocycles. The molecule has 0 bridgehead atoms. The second kappa shape index (κ2) is 6.06. The first-order valence-corrected chi connectivity index (χ1v) is 8.11. The van der Waals surface area contributed by atoms with Gasteiger partial charge >= 0.3 is 0 Å². The molecule has 1 aliphatic carbocycles. The van der Waals surface area contributed by atoms with Gasteiger partial charge in [-0.2, -0.15) is 0 Å². The third-order valence-corrected chi connectivity index (χ3v) is 4.65. The van der Waals surface area contributed by atoms with Crippen LogP contribution in [0.5, 0.6) is 0 Å². The minimum Gasteiger partial charge on any atom is -0.466 e. The summed E-state index contributed by atoms with van der Waals surface area (Å²) in [4.78, 5) is 12.3. The molecule has 1 aliphatic rings. The average molecular weight is 331 g/mol. The number of halogens is 1. The zero-order valence-corrected chi connectivity index (χ0v) is 14.1. The smallest absolute Gasteiger partial charge is 0.223 e. The van der Waals surface area contributed by atoms with Crippen molar-refractivity contribution in [3.63, 3.8) is 0 Å². The Bertz CT molecular complexity index is 748. The molecule has 0 spiro atoms. The molecule has 2 N–H and O–H groups in total. The van der Waals surface area contributed by atoms with E-state index >= 15 is 0 Å². The summed E-state index contributed by atoms with van der Waals surface area (Å²) < 4.78 is 18.4. The van der Waals surface area contributed by atoms with E-state index < -0.39 is 5.60 Å². The van der Waals surface area contributed by atoms with Gasteiger partial charge in [-0.25, -0.2) is 4.39 Å². The van der Waals surface area contributed by atoms with Crippen molar-refractivity contribution < 1.29 is 18.7 Å². The monoisotopic (exact) mass is 331 g/mol. The van der Waals surface area contributed by atoms with Gasteiger partial charge in [0.05, 0.1) is 6.54 Å². The van der Waals surface area contributed by atoms with Gasteiger partial charge in [0, 0.05) is 11.5 Å². The lowest BCUT2D eigenvalue weighted by atomic mass is 9.96. The van der Waals surface area contributed by atoms with E-state index in [1.807, 2.05) is 6.92 Å². The van der Waals surface area contributed by atoms with Crippen LogP contribution in [0.1, 0.15) is 41.9 Å². The molecular weight excluding hydrogens is 309 g/mol. The van der Waals surface area contributed by atoms with Crippen LogP contribution in [0.25, 0.3) is 0 Å². The minimum atomic E-state index is -1.18. The molecule has 1 aromatic carbocycles. The van der Waals surface area contributed by atoms with Crippen LogP contribution in [0, 0.1) is 25.6 Å². The molecule has 2 aromatic rings. The zero-order chi connectivity index (χ0) is 17.5. The normalized spacial score (nSPS) is 22.0. The topological polar surface area (TPSA) is 62.5 Å². The fourth-order valence-electron chi connectivity index (χ4n) is 3.21. The molecule has 4 nitrogen and oxygen atoms in total. The number of rotatable bonds is 5. The highest BCUT2D eigenvalue weighted by Gasteiger charge is 2.44. The lowest BCUT2D eigenvalue weighted by molar-refractivity contribution is -0.123. The maximum atomic E-state index is 13.0. The summed E-state index contributed by atoms with van der Waals surface area (Å²) in [7, 11) is 0. The first kappa shape index (κ1) is 16.7. The second-order valence-corrected chi connectivity index (χ2v) is 6.82. The van der Waals surface area contributed by atoms with Crippen LogP contribution in [-0.4, -0.2) is 17.6 Å². The quantitative estimate of drug-likeness (QED) is 0.885. The van der Waals surface area contributed by atoms with Gasteiger partial charge in [0.15, 0.2) is 0 Å². The van der Waals surface area contributed by atoms with E-state index in [-0.39, 0.29) is 30.1 Å². The number of amides is 1. The highest BCUT2D eigenvalue weighted by Crippen LogP contribution is 2.47. The van der Waals surface area contributed by atoms with E-state index in [0.29, 0.717) is 11.3 Å². The SMILES string of the molecule is Cc1cc(C(C)(O)CNC(=O)C2CC2c2ccc(F)cc2)c(C)o1. The number of carbonyl (C=O) groups excluding carboxylic acids is 1. The van der Waals surface area contributed by atoms with Gasteiger partial charge in [-0.3, -0.25) is 4.79 Å². The van der Waals surface area contributed by atoms with Crippen molar-refractivity contribution in [1.82, 2.24) is 5.32 Å². The van der Waals surface area contributed by atoms with E-state index in [9.17, 15) is 14.3 Å². The number of aryl methyl sites for hydroxylation is 2. The molecule has 0 aliphatic heterocycles. The largest absolute Gasteiger partial charge is 0.466 e. The Labute approximate surface area is 140 Å². The number of carbonyl (C=O) groups is 1. The Morgan fingerprint density at radius 3 is 2.62 bits per heavy atom. The summed E-state index contributed by atoms with van der Waals surface area (Å²) >= 11 is 0. The van der Waals surface area contributed by atoms with Crippen molar-refractivity contribution in [2.45, 2.75) is 38.7 Å². The van der Waals surface area contributed by atoms with Gasteiger partial charge in [0.2, 0.25) is 5.91 Å². The maximum Gasteiger partial charge on any atom is 0.223 e. The van der Waals surface area contributed by atoms with Crippen LogP contribution in [0.2, 0.25) is 0 Å². The number of hydrogen-bond donors (Lipinski definition) is 2. The average Bonchev–Trinajstić information content (AvgIpc) is 3.24. The molecule has 3 unspecified atom stereocenters. The Morgan fingerprint density at radius 2 is 2.04 bits per heavy atom. The summed E-state index contributed by atoms with van der Waals surface area (Å²) in [5, 5.41) is 13.5. The van der Waals surface area contributed by atoms with E-state index in [4.69, 9.17) is 4.42 Å². The molecule has 0 radical (unpaired) electrons. The van der Waals surface area contributed by atoms with Gasteiger partial charge in [0.1, 0.15) is 22.9 Å². The highest BCUT2D eigenvalue weighted by molar-refractivity contribution is 5.83. The number of hydrogen-bond acceptors (Lipinski definition) is 3. The first-order valence-electron chi connectivity index (χ1n) is 8.11. The third-order valence-electron chi connectivity index (χ3n) is 4.65. The number of furan rings is 1. The molecule has 1 heterocycles. The fraction of sp³-hybridized carbons (Fsp3) is 0.421. The van der Waals surface area contributed by atoms with Crippen LogP contribution < -0.4 is 5.32 Å². The zero-order valence-electron chi connectivity index (χ0n) is 14.1. The molecule has 1 amide bonds. The second-order valence-electron chi connectivity index (χ2n) is 6.82. The Morgan fingerprint density at radius 1 is 1.38 bits per heavy atom. The lowest BCUT2D eigenvalue weighted by Gasteiger charge is -2.23. The molecule has 1 fully saturated rings. The fourth-order valence-corrected chi connectivity index (χ4v) is 3.21. The molecular formula is C19H22FNO3. The Hall–Kier alpha value is -2.14. The van der Waals surface area contributed by atoms with Crippen LogP contribution in [-0.2, 0) is 10.4 Å². The maximum absolute atomic E-state index is 13.0.